The lowest BCUT2D eigenvalue weighted by molar-refractivity contribution is 0.0923. The third-order valence-corrected chi connectivity index (χ3v) is 6.40. The summed E-state index contributed by atoms with van der Waals surface area (Å²) in [6.45, 7) is 3.04. The Labute approximate surface area is 176 Å². The fourth-order valence-corrected chi connectivity index (χ4v) is 4.76. The van der Waals surface area contributed by atoms with Crippen LogP contribution >= 0.6 is 0 Å². The first-order valence-corrected chi connectivity index (χ1v) is 10.9. The van der Waals surface area contributed by atoms with Crippen molar-refractivity contribution in [2.75, 3.05) is 36.9 Å². The number of nitrogens with zero attached hydrogens (tertiary/aromatic N) is 2. The van der Waals surface area contributed by atoms with E-state index < -0.39 is 0 Å². The third-order valence-electron chi connectivity index (χ3n) is 6.40. The number of hydrogen-bond acceptors (Lipinski definition) is 5. The fraction of sp³-hybridized carbons (Fsp3) is 0.360. The van der Waals surface area contributed by atoms with E-state index in [1.807, 2.05) is 30.3 Å². The molecule has 0 spiro atoms. The SMILES string of the molecule is Nc1nc2ccc(-c3ccccc3C(=O)C3CCCC3)cc2cc1N1CCOCC1. The standard InChI is InChI=1S/C25H27N3O2/c26-25-23(28-11-13-30-14-12-28)16-19-15-18(9-10-22(19)27-25)20-7-3-4-8-21(20)24(29)17-5-1-2-6-17/h3-4,7-10,15-17H,1-2,5-6,11-14H2,(H2,26,27). The van der Waals surface area contributed by atoms with E-state index >= 15 is 0 Å². The average Bonchev–Trinajstić information content (AvgIpc) is 3.33. The topological polar surface area (TPSA) is 68.5 Å². The van der Waals surface area contributed by atoms with E-state index in [0.29, 0.717) is 19.0 Å². The van der Waals surface area contributed by atoms with Crippen molar-refractivity contribution in [3.63, 3.8) is 0 Å². The zero-order chi connectivity index (χ0) is 20.5. The number of ether oxygens (including phenoxy) is 1. The summed E-state index contributed by atoms with van der Waals surface area (Å²) in [7, 11) is 0. The lowest BCUT2D eigenvalue weighted by atomic mass is 9.90. The average molecular weight is 402 g/mol. The Hall–Kier alpha value is -2.92. The van der Waals surface area contributed by atoms with E-state index in [2.05, 4.69) is 28.1 Å². The van der Waals surface area contributed by atoms with Crippen LogP contribution in [0.1, 0.15) is 36.0 Å². The van der Waals surface area contributed by atoms with Crippen LogP contribution in [0.25, 0.3) is 22.0 Å². The summed E-state index contributed by atoms with van der Waals surface area (Å²) in [4.78, 5) is 20.0. The second-order valence-corrected chi connectivity index (χ2v) is 8.29. The van der Waals surface area contributed by atoms with Gasteiger partial charge in [0.25, 0.3) is 0 Å². The predicted molar refractivity (Wildman–Crippen MR) is 121 cm³/mol. The number of carbonyl (C=O) groups excluding carboxylic acids is 1. The maximum Gasteiger partial charge on any atom is 0.166 e. The minimum Gasteiger partial charge on any atom is -0.382 e. The normalized spacial score (nSPS) is 17.5. The van der Waals surface area contributed by atoms with Crippen molar-refractivity contribution in [3.8, 4) is 11.1 Å². The Kier molecular flexibility index (Phi) is 5.13. The summed E-state index contributed by atoms with van der Waals surface area (Å²) in [6.07, 6.45) is 4.34. The number of rotatable bonds is 4. The summed E-state index contributed by atoms with van der Waals surface area (Å²) in [5.74, 6) is 1.00. The lowest BCUT2D eigenvalue weighted by Crippen LogP contribution is -2.36. The van der Waals surface area contributed by atoms with Gasteiger partial charge in [-0.15, -0.1) is 0 Å². The molecule has 1 saturated heterocycles. The van der Waals surface area contributed by atoms with Crippen molar-refractivity contribution in [2.45, 2.75) is 25.7 Å². The van der Waals surface area contributed by atoms with Gasteiger partial charge >= 0.3 is 0 Å². The van der Waals surface area contributed by atoms with Crippen molar-refractivity contribution >= 4 is 28.2 Å². The molecular formula is C25H27N3O2. The summed E-state index contributed by atoms with van der Waals surface area (Å²) in [5, 5.41) is 1.03. The molecule has 2 aromatic carbocycles. The van der Waals surface area contributed by atoms with Crippen LogP contribution in [0.2, 0.25) is 0 Å². The highest BCUT2D eigenvalue weighted by Gasteiger charge is 2.25. The molecule has 2 aliphatic rings. The molecule has 1 aliphatic heterocycles. The summed E-state index contributed by atoms with van der Waals surface area (Å²) < 4.78 is 5.47. The van der Waals surface area contributed by atoms with Gasteiger partial charge in [0.1, 0.15) is 5.82 Å². The van der Waals surface area contributed by atoms with E-state index in [0.717, 1.165) is 72.1 Å². The van der Waals surface area contributed by atoms with Crippen molar-refractivity contribution < 1.29 is 9.53 Å². The number of nitrogens with two attached hydrogens (primary N) is 1. The summed E-state index contributed by atoms with van der Waals surface area (Å²) >= 11 is 0. The lowest BCUT2D eigenvalue weighted by Gasteiger charge is -2.29. The number of benzene rings is 2. The molecule has 5 heteroatoms. The highest BCUT2D eigenvalue weighted by Crippen LogP contribution is 2.34. The maximum absolute atomic E-state index is 13.2. The highest BCUT2D eigenvalue weighted by atomic mass is 16.5. The molecule has 154 valence electrons. The van der Waals surface area contributed by atoms with E-state index in [-0.39, 0.29) is 11.7 Å². The zero-order valence-corrected chi connectivity index (χ0v) is 17.1. The smallest absolute Gasteiger partial charge is 0.166 e. The number of anilines is 2. The van der Waals surface area contributed by atoms with Crippen LogP contribution in [-0.2, 0) is 4.74 Å². The molecule has 5 nitrogen and oxygen atoms in total. The number of nitrogen functional groups attached to an aromatic ring is 1. The Morgan fingerprint density at radius 2 is 1.80 bits per heavy atom. The quantitative estimate of drug-likeness (QED) is 0.642. The molecule has 0 radical (unpaired) electrons. The van der Waals surface area contributed by atoms with Gasteiger partial charge in [0.15, 0.2) is 5.78 Å². The van der Waals surface area contributed by atoms with Crippen LogP contribution in [0.3, 0.4) is 0 Å². The zero-order valence-electron chi connectivity index (χ0n) is 17.1. The van der Waals surface area contributed by atoms with Crippen LogP contribution in [0, 0.1) is 5.92 Å². The maximum atomic E-state index is 13.2. The number of pyridine rings is 1. The summed E-state index contributed by atoms with van der Waals surface area (Å²) in [5.41, 5.74) is 11.0. The van der Waals surface area contributed by atoms with Gasteiger partial charge in [0.05, 0.1) is 24.4 Å². The molecule has 0 amide bonds. The Balaban J connectivity index is 1.55. The Morgan fingerprint density at radius 3 is 2.60 bits per heavy atom. The first-order chi connectivity index (χ1) is 14.7. The molecule has 1 saturated carbocycles. The molecule has 0 bridgehead atoms. The molecule has 1 aliphatic carbocycles. The molecule has 5 rings (SSSR count). The van der Waals surface area contributed by atoms with Crippen molar-refractivity contribution in [3.05, 3.63) is 54.1 Å². The second-order valence-electron chi connectivity index (χ2n) is 8.29. The van der Waals surface area contributed by atoms with Crippen LogP contribution in [0.4, 0.5) is 11.5 Å². The molecule has 2 heterocycles. The van der Waals surface area contributed by atoms with Crippen LogP contribution in [-0.4, -0.2) is 37.1 Å². The molecular weight excluding hydrogens is 374 g/mol. The van der Waals surface area contributed by atoms with Gasteiger partial charge in [-0.1, -0.05) is 43.2 Å². The molecule has 3 aromatic rings. The van der Waals surface area contributed by atoms with E-state index in [9.17, 15) is 4.79 Å². The first kappa shape index (κ1) is 19.1. The molecule has 2 N–H and O–H groups in total. The minimum absolute atomic E-state index is 0.168. The summed E-state index contributed by atoms with van der Waals surface area (Å²) in [6, 6.07) is 16.3. The van der Waals surface area contributed by atoms with E-state index in [1.54, 1.807) is 0 Å². The number of morpholine rings is 1. The Bertz CT molecular complexity index is 1080. The minimum atomic E-state index is 0.168. The van der Waals surface area contributed by atoms with Crippen LogP contribution in [0.15, 0.2) is 48.5 Å². The van der Waals surface area contributed by atoms with Gasteiger partial charge in [-0.2, -0.15) is 0 Å². The third kappa shape index (κ3) is 3.54. The van der Waals surface area contributed by atoms with Gasteiger partial charge < -0.3 is 15.4 Å². The van der Waals surface area contributed by atoms with Crippen LogP contribution < -0.4 is 10.6 Å². The van der Waals surface area contributed by atoms with Crippen molar-refractivity contribution in [1.82, 2.24) is 4.98 Å². The van der Waals surface area contributed by atoms with E-state index in [4.69, 9.17) is 10.5 Å². The molecule has 30 heavy (non-hydrogen) atoms. The van der Waals surface area contributed by atoms with Gasteiger partial charge in [-0.05, 0) is 42.2 Å². The molecule has 0 unspecified atom stereocenters. The molecule has 2 fully saturated rings. The van der Waals surface area contributed by atoms with Crippen molar-refractivity contribution in [2.24, 2.45) is 5.92 Å². The number of hydrogen-bond donors (Lipinski definition) is 1. The van der Waals surface area contributed by atoms with Crippen molar-refractivity contribution in [1.29, 1.82) is 0 Å². The van der Waals surface area contributed by atoms with Gasteiger partial charge in [-0.25, -0.2) is 4.98 Å². The highest BCUT2D eigenvalue weighted by molar-refractivity contribution is 6.04. The second kappa shape index (κ2) is 8.07. The number of ketones is 1. The monoisotopic (exact) mass is 401 g/mol. The number of carbonyl (C=O) groups is 1. The number of aromatic nitrogens is 1. The number of Topliss-reactive ketones (excluding diaryl/α,β-unsaturated/α-hetero) is 1. The van der Waals surface area contributed by atoms with E-state index in [1.165, 1.54) is 0 Å². The number of fused-ring (bicyclic) bond motifs is 1. The molecule has 1 aromatic heterocycles. The largest absolute Gasteiger partial charge is 0.382 e. The Morgan fingerprint density at radius 1 is 1.03 bits per heavy atom. The van der Waals surface area contributed by atoms with Crippen LogP contribution in [0.5, 0.6) is 0 Å². The fourth-order valence-electron chi connectivity index (χ4n) is 4.76. The van der Waals surface area contributed by atoms with Gasteiger partial charge in [-0.3, -0.25) is 4.79 Å². The van der Waals surface area contributed by atoms with Gasteiger partial charge in [0, 0.05) is 30.0 Å². The van der Waals surface area contributed by atoms with Gasteiger partial charge in [0.2, 0.25) is 0 Å². The first-order valence-electron chi connectivity index (χ1n) is 10.9. The predicted octanol–water partition coefficient (Wildman–Crippen LogP) is 4.69. The molecule has 0 atom stereocenters.